The van der Waals surface area contributed by atoms with Gasteiger partial charge in [0.2, 0.25) is 0 Å². The molecule has 1 saturated carbocycles. The summed E-state index contributed by atoms with van der Waals surface area (Å²) in [4.78, 5) is 2.72. The van der Waals surface area contributed by atoms with Crippen molar-refractivity contribution < 1.29 is 0 Å². The lowest BCUT2D eigenvalue weighted by atomic mass is 10.0. The van der Waals surface area contributed by atoms with Crippen LogP contribution in [0.2, 0.25) is 0 Å². The summed E-state index contributed by atoms with van der Waals surface area (Å²) < 4.78 is 0. The van der Waals surface area contributed by atoms with Crippen LogP contribution in [0.3, 0.4) is 0 Å². The van der Waals surface area contributed by atoms with Crippen molar-refractivity contribution in [3.05, 3.63) is 0 Å². The van der Waals surface area contributed by atoms with E-state index in [1.54, 1.807) is 0 Å². The topological polar surface area (TPSA) is 15.3 Å². The van der Waals surface area contributed by atoms with E-state index in [-0.39, 0.29) is 0 Å². The Morgan fingerprint density at radius 1 is 1.43 bits per heavy atom. The van der Waals surface area contributed by atoms with Gasteiger partial charge in [0.15, 0.2) is 0 Å². The third-order valence-corrected chi connectivity index (χ3v) is 4.33. The molecule has 2 rings (SSSR count). The van der Waals surface area contributed by atoms with Crippen molar-refractivity contribution in [2.24, 2.45) is 5.41 Å². The first-order chi connectivity index (χ1) is 6.69. The molecule has 2 aliphatic rings. The Bertz CT molecular complexity index is 204. The molecule has 2 fully saturated rings. The van der Waals surface area contributed by atoms with Crippen molar-refractivity contribution in [3.8, 4) is 0 Å². The normalized spacial score (nSPS) is 43.9. The zero-order valence-corrected chi connectivity index (χ0v) is 9.84. The fourth-order valence-corrected chi connectivity index (χ4v) is 2.74. The minimum absolute atomic E-state index is 0.648. The maximum atomic E-state index is 3.59. The fraction of sp³-hybridized carbons (Fsp3) is 1.00. The van der Waals surface area contributed by atoms with Gasteiger partial charge in [-0.1, -0.05) is 20.8 Å². The Morgan fingerprint density at radius 3 is 2.79 bits per heavy atom. The van der Waals surface area contributed by atoms with Crippen molar-refractivity contribution in [1.82, 2.24) is 10.2 Å². The molecule has 0 spiro atoms. The van der Waals surface area contributed by atoms with Crippen LogP contribution in [0, 0.1) is 5.41 Å². The Labute approximate surface area is 88.1 Å². The molecule has 0 bridgehead atoms. The lowest BCUT2D eigenvalue weighted by Crippen LogP contribution is -2.51. The van der Waals surface area contributed by atoms with Gasteiger partial charge in [0.05, 0.1) is 0 Å². The number of rotatable bonds is 3. The van der Waals surface area contributed by atoms with Gasteiger partial charge >= 0.3 is 0 Å². The average Bonchev–Trinajstić information content (AvgIpc) is 2.92. The fourth-order valence-electron chi connectivity index (χ4n) is 2.74. The van der Waals surface area contributed by atoms with Crippen molar-refractivity contribution in [3.63, 3.8) is 0 Å². The second-order valence-corrected chi connectivity index (χ2v) is 5.28. The molecule has 14 heavy (non-hydrogen) atoms. The molecule has 2 heteroatoms. The molecule has 0 radical (unpaired) electrons. The van der Waals surface area contributed by atoms with E-state index >= 15 is 0 Å². The molecule has 1 N–H and O–H groups in total. The molecule has 3 unspecified atom stereocenters. The van der Waals surface area contributed by atoms with E-state index in [2.05, 4.69) is 31.0 Å². The van der Waals surface area contributed by atoms with Crippen molar-refractivity contribution >= 4 is 0 Å². The maximum Gasteiger partial charge on any atom is 0.0193 e. The molecule has 1 aliphatic carbocycles. The highest BCUT2D eigenvalue weighted by molar-refractivity contribution is 5.06. The predicted molar refractivity (Wildman–Crippen MR) is 60.5 cm³/mol. The van der Waals surface area contributed by atoms with Crippen LogP contribution in [-0.4, -0.2) is 36.6 Å². The summed E-state index contributed by atoms with van der Waals surface area (Å²) in [5.74, 6) is 0. The van der Waals surface area contributed by atoms with Gasteiger partial charge in [-0.2, -0.15) is 0 Å². The second kappa shape index (κ2) is 3.82. The van der Waals surface area contributed by atoms with Crippen LogP contribution >= 0.6 is 0 Å². The lowest BCUT2D eigenvalue weighted by Gasteiger charge is -2.34. The summed E-state index contributed by atoms with van der Waals surface area (Å²) in [6, 6.07) is 1.63. The molecule has 2 nitrogen and oxygen atoms in total. The Balaban J connectivity index is 1.87. The highest BCUT2D eigenvalue weighted by Crippen LogP contribution is 2.51. The van der Waals surface area contributed by atoms with Crippen LogP contribution < -0.4 is 5.32 Å². The van der Waals surface area contributed by atoms with E-state index < -0.39 is 0 Å². The number of hydrogen-bond donors (Lipinski definition) is 1. The molecule has 0 aromatic carbocycles. The predicted octanol–water partition coefficient (Wildman–Crippen LogP) is 1.86. The quantitative estimate of drug-likeness (QED) is 0.741. The van der Waals surface area contributed by atoms with Crippen LogP contribution in [0.4, 0.5) is 0 Å². The maximum absolute atomic E-state index is 3.59. The van der Waals surface area contributed by atoms with Gasteiger partial charge in [-0.3, -0.25) is 4.90 Å². The number of nitrogens with one attached hydrogen (secondary N) is 1. The molecule has 3 atom stereocenters. The first-order valence-electron chi connectivity index (χ1n) is 6.17. The largest absolute Gasteiger partial charge is 0.311 e. The average molecular weight is 196 g/mol. The molecule has 82 valence electrons. The minimum Gasteiger partial charge on any atom is -0.311 e. The van der Waals surface area contributed by atoms with Crippen LogP contribution in [0.5, 0.6) is 0 Å². The number of piperazine rings is 1. The molecule has 1 aliphatic heterocycles. The van der Waals surface area contributed by atoms with Gasteiger partial charge in [0.1, 0.15) is 0 Å². The Morgan fingerprint density at radius 2 is 2.21 bits per heavy atom. The summed E-state index contributed by atoms with van der Waals surface area (Å²) in [5.41, 5.74) is 0.648. The molecule has 0 aromatic rings. The standard InChI is InChI=1S/C12H24N2/c1-4-10-9-14(7-6-13-10)11-8-12(11,3)5-2/h10-11,13H,4-9H2,1-3H3. The van der Waals surface area contributed by atoms with Crippen molar-refractivity contribution in [2.75, 3.05) is 19.6 Å². The molecular weight excluding hydrogens is 172 g/mol. The highest BCUT2D eigenvalue weighted by atomic mass is 15.3. The zero-order valence-electron chi connectivity index (χ0n) is 9.84. The monoisotopic (exact) mass is 196 g/mol. The number of nitrogens with zero attached hydrogens (tertiary/aromatic N) is 1. The van der Waals surface area contributed by atoms with E-state index in [0.29, 0.717) is 5.41 Å². The van der Waals surface area contributed by atoms with E-state index in [1.807, 2.05) is 0 Å². The van der Waals surface area contributed by atoms with Crippen molar-refractivity contribution in [2.45, 2.75) is 52.1 Å². The van der Waals surface area contributed by atoms with Crippen LogP contribution in [0.1, 0.15) is 40.0 Å². The van der Waals surface area contributed by atoms with Gasteiger partial charge in [0, 0.05) is 31.7 Å². The third kappa shape index (κ3) is 1.82. The molecule has 0 amide bonds. The van der Waals surface area contributed by atoms with Gasteiger partial charge in [-0.05, 0) is 24.7 Å². The third-order valence-electron chi connectivity index (χ3n) is 4.33. The summed E-state index contributed by atoms with van der Waals surface area (Å²) in [6.45, 7) is 10.8. The molecular formula is C12H24N2. The van der Waals surface area contributed by atoms with Gasteiger partial charge in [-0.25, -0.2) is 0 Å². The first kappa shape index (κ1) is 10.4. The van der Waals surface area contributed by atoms with E-state index in [1.165, 1.54) is 38.9 Å². The Hall–Kier alpha value is -0.0800. The summed E-state index contributed by atoms with van der Waals surface area (Å²) in [6.07, 6.45) is 4.05. The minimum atomic E-state index is 0.648. The van der Waals surface area contributed by atoms with Gasteiger partial charge in [-0.15, -0.1) is 0 Å². The van der Waals surface area contributed by atoms with E-state index in [4.69, 9.17) is 0 Å². The molecule has 1 heterocycles. The summed E-state index contributed by atoms with van der Waals surface area (Å²) >= 11 is 0. The van der Waals surface area contributed by atoms with Crippen molar-refractivity contribution in [1.29, 1.82) is 0 Å². The smallest absolute Gasteiger partial charge is 0.0193 e. The van der Waals surface area contributed by atoms with Gasteiger partial charge < -0.3 is 5.32 Å². The van der Waals surface area contributed by atoms with Gasteiger partial charge in [0.25, 0.3) is 0 Å². The van der Waals surface area contributed by atoms with Crippen LogP contribution in [-0.2, 0) is 0 Å². The first-order valence-corrected chi connectivity index (χ1v) is 6.17. The lowest BCUT2D eigenvalue weighted by molar-refractivity contribution is 0.167. The highest BCUT2D eigenvalue weighted by Gasteiger charge is 2.51. The Kier molecular flexibility index (Phi) is 2.85. The van der Waals surface area contributed by atoms with Crippen LogP contribution in [0.25, 0.3) is 0 Å². The molecule has 0 aromatic heterocycles. The number of hydrogen-bond acceptors (Lipinski definition) is 2. The summed E-state index contributed by atoms with van der Waals surface area (Å²) in [7, 11) is 0. The SMILES string of the molecule is CCC1CN(C2CC2(C)CC)CCN1. The second-order valence-electron chi connectivity index (χ2n) is 5.28. The summed E-state index contributed by atoms with van der Waals surface area (Å²) in [5, 5.41) is 3.59. The molecule has 1 saturated heterocycles. The van der Waals surface area contributed by atoms with E-state index in [9.17, 15) is 0 Å². The van der Waals surface area contributed by atoms with E-state index in [0.717, 1.165) is 12.1 Å². The zero-order chi connectivity index (χ0) is 10.2. The van der Waals surface area contributed by atoms with Crippen LogP contribution in [0.15, 0.2) is 0 Å².